The molecule has 2 aliphatic carbocycles. The molecule has 3 fully saturated rings. The monoisotopic (exact) mass is 358 g/mol. The Morgan fingerprint density at radius 3 is 2.44 bits per heavy atom. The van der Waals surface area contributed by atoms with Crippen molar-refractivity contribution in [1.82, 2.24) is 9.62 Å². The maximum Gasteiger partial charge on any atom is 0.254 e. The van der Waals surface area contributed by atoms with Gasteiger partial charge in [0.05, 0.1) is 5.54 Å². The molecule has 2 saturated carbocycles. The molecule has 2 bridgehead atoms. The molecule has 4 heteroatoms. The van der Waals surface area contributed by atoms with Crippen LogP contribution in [0.1, 0.15) is 68.8 Å². The third-order valence-corrected chi connectivity index (χ3v) is 7.00. The minimum absolute atomic E-state index is 0.142. The molecule has 136 valence electrons. The van der Waals surface area contributed by atoms with Gasteiger partial charge in [0.15, 0.2) is 0 Å². The largest absolute Gasteiger partial charge is 0.335 e. The summed E-state index contributed by atoms with van der Waals surface area (Å²) in [4.78, 5) is 15.3. The van der Waals surface area contributed by atoms with Crippen LogP contribution in [0.3, 0.4) is 0 Å². The zero-order valence-corrected chi connectivity index (χ0v) is 16.7. The molecule has 1 N–H and O–H groups in total. The van der Waals surface area contributed by atoms with E-state index in [0.29, 0.717) is 16.9 Å². The van der Waals surface area contributed by atoms with Gasteiger partial charge in [-0.05, 0) is 66.9 Å². The molecule has 0 aromatic heterocycles. The van der Waals surface area contributed by atoms with Crippen molar-refractivity contribution in [1.29, 1.82) is 0 Å². The van der Waals surface area contributed by atoms with Crippen molar-refractivity contribution in [3.8, 4) is 0 Å². The number of hydrogen-bond donors (Lipinski definition) is 1. The third kappa shape index (κ3) is 3.12. The number of likely N-dealkylation sites (tertiary alicyclic amines) is 1. The number of benzene rings is 1. The van der Waals surface area contributed by atoms with Gasteiger partial charge < -0.3 is 4.90 Å². The Hall–Kier alpha value is -1.00. The van der Waals surface area contributed by atoms with E-state index in [1.807, 2.05) is 12.1 Å². The summed E-state index contributed by atoms with van der Waals surface area (Å²) >= 11 is 1.68. The molecule has 2 atom stereocenters. The minimum atomic E-state index is 0.142. The smallest absolute Gasteiger partial charge is 0.254 e. The standard InChI is InChI=1S/C21H30N2OS/c1-19(2)11-17-12-20(3,13-19)14-23(17)18(24)15-5-7-16(8-6-15)21(9-10-21)22-25-4/h5-8,17,22H,9-14H2,1-4H3. The van der Waals surface area contributed by atoms with Crippen molar-refractivity contribution in [3.63, 3.8) is 0 Å². The third-order valence-electron chi connectivity index (χ3n) is 6.41. The van der Waals surface area contributed by atoms with E-state index in [4.69, 9.17) is 0 Å². The van der Waals surface area contributed by atoms with Gasteiger partial charge in [-0.3, -0.25) is 9.52 Å². The SMILES string of the molecule is CSNC1(c2ccc(C(=O)N3CC4(C)CC3CC(C)(C)C4)cc2)CC1. The summed E-state index contributed by atoms with van der Waals surface area (Å²) in [6.07, 6.45) is 7.97. The average molecular weight is 359 g/mol. The molecule has 25 heavy (non-hydrogen) atoms. The maximum absolute atomic E-state index is 13.2. The van der Waals surface area contributed by atoms with Crippen LogP contribution in [0, 0.1) is 10.8 Å². The molecule has 0 radical (unpaired) electrons. The quantitative estimate of drug-likeness (QED) is 0.799. The highest BCUT2D eigenvalue weighted by atomic mass is 32.2. The van der Waals surface area contributed by atoms with Crippen LogP contribution >= 0.6 is 11.9 Å². The summed E-state index contributed by atoms with van der Waals surface area (Å²) in [6, 6.07) is 8.79. The molecule has 1 aliphatic heterocycles. The Morgan fingerprint density at radius 1 is 1.16 bits per heavy atom. The van der Waals surface area contributed by atoms with Gasteiger partial charge in [-0.1, -0.05) is 44.9 Å². The number of fused-ring (bicyclic) bond motifs is 2. The molecular formula is C21H30N2OS. The van der Waals surface area contributed by atoms with Gasteiger partial charge in [-0.25, -0.2) is 0 Å². The summed E-state index contributed by atoms with van der Waals surface area (Å²) in [5, 5.41) is 0. The summed E-state index contributed by atoms with van der Waals surface area (Å²) in [6.45, 7) is 7.99. The van der Waals surface area contributed by atoms with Gasteiger partial charge >= 0.3 is 0 Å². The number of rotatable bonds is 4. The Labute approximate surface area is 156 Å². The molecule has 3 nitrogen and oxygen atoms in total. The zero-order valence-electron chi connectivity index (χ0n) is 15.9. The van der Waals surface area contributed by atoms with E-state index < -0.39 is 0 Å². The maximum atomic E-state index is 13.2. The number of carbonyl (C=O) groups excluding carboxylic acids is 1. The van der Waals surface area contributed by atoms with Crippen LogP contribution < -0.4 is 4.72 Å². The summed E-state index contributed by atoms with van der Waals surface area (Å²) < 4.78 is 3.52. The highest BCUT2D eigenvalue weighted by Crippen LogP contribution is 2.53. The fraction of sp³-hybridized carbons (Fsp3) is 0.667. The summed E-state index contributed by atoms with van der Waals surface area (Å²) in [5.41, 5.74) is 2.94. The van der Waals surface area contributed by atoms with Gasteiger partial charge in [0.25, 0.3) is 5.91 Å². The lowest BCUT2D eigenvalue weighted by Gasteiger charge is -2.39. The molecule has 1 aromatic carbocycles. The highest BCUT2D eigenvalue weighted by molar-refractivity contribution is 7.96. The van der Waals surface area contributed by atoms with Crippen LogP contribution in [0.2, 0.25) is 0 Å². The lowest BCUT2D eigenvalue weighted by molar-refractivity contribution is 0.0708. The van der Waals surface area contributed by atoms with Gasteiger partial charge in [0, 0.05) is 18.2 Å². The van der Waals surface area contributed by atoms with Crippen molar-refractivity contribution >= 4 is 17.9 Å². The lowest BCUT2D eigenvalue weighted by atomic mass is 9.65. The van der Waals surface area contributed by atoms with Gasteiger partial charge in [0.2, 0.25) is 0 Å². The Bertz CT molecular complexity index is 680. The first-order valence-electron chi connectivity index (χ1n) is 9.48. The molecule has 0 spiro atoms. The Balaban J connectivity index is 1.52. The summed E-state index contributed by atoms with van der Waals surface area (Å²) in [7, 11) is 0. The highest BCUT2D eigenvalue weighted by Gasteiger charge is 2.51. The lowest BCUT2D eigenvalue weighted by Crippen LogP contribution is -2.37. The van der Waals surface area contributed by atoms with Gasteiger partial charge in [0.1, 0.15) is 0 Å². The van der Waals surface area contributed by atoms with E-state index in [-0.39, 0.29) is 11.4 Å². The van der Waals surface area contributed by atoms with Crippen LogP contribution in [-0.2, 0) is 5.54 Å². The Morgan fingerprint density at radius 2 is 1.84 bits per heavy atom. The van der Waals surface area contributed by atoms with Gasteiger partial charge in [-0.15, -0.1) is 0 Å². The topological polar surface area (TPSA) is 32.3 Å². The number of carbonyl (C=O) groups is 1. The van der Waals surface area contributed by atoms with Crippen LogP contribution in [-0.4, -0.2) is 29.6 Å². The molecule has 2 unspecified atom stereocenters. The Kier molecular flexibility index (Phi) is 4.01. The fourth-order valence-electron chi connectivity index (χ4n) is 5.57. The predicted molar refractivity (Wildman–Crippen MR) is 105 cm³/mol. The second kappa shape index (κ2) is 5.75. The predicted octanol–water partition coefficient (Wildman–Crippen LogP) is 4.58. The first kappa shape index (κ1) is 17.4. The second-order valence-corrected chi connectivity index (χ2v) is 10.2. The molecule has 1 saturated heterocycles. The second-order valence-electron chi connectivity index (χ2n) is 9.61. The fourth-order valence-corrected chi connectivity index (χ4v) is 6.28. The molecule has 3 aliphatic rings. The van der Waals surface area contributed by atoms with E-state index in [2.05, 4.69) is 48.8 Å². The van der Waals surface area contributed by atoms with Crippen molar-refractivity contribution in [3.05, 3.63) is 35.4 Å². The molecular weight excluding hydrogens is 328 g/mol. The van der Waals surface area contributed by atoms with E-state index in [1.165, 1.54) is 31.2 Å². The molecule has 4 rings (SSSR count). The van der Waals surface area contributed by atoms with E-state index in [9.17, 15) is 4.79 Å². The van der Waals surface area contributed by atoms with Crippen LogP contribution in [0.4, 0.5) is 0 Å². The number of amides is 1. The normalized spacial score (nSPS) is 31.8. The van der Waals surface area contributed by atoms with Crippen LogP contribution in [0.5, 0.6) is 0 Å². The molecule has 1 heterocycles. The number of nitrogens with one attached hydrogen (secondary N) is 1. The molecule has 1 amide bonds. The first-order valence-corrected chi connectivity index (χ1v) is 10.7. The van der Waals surface area contributed by atoms with E-state index >= 15 is 0 Å². The minimum Gasteiger partial charge on any atom is -0.335 e. The average Bonchev–Trinajstić information content (AvgIpc) is 3.26. The molecule has 1 aromatic rings. The van der Waals surface area contributed by atoms with Crippen LogP contribution in [0.15, 0.2) is 24.3 Å². The van der Waals surface area contributed by atoms with Crippen molar-refractivity contribution in [2.24, 2.45) is 10.8 Å². The van der Waals surface area contributed by atoms with Crippen molar-refractivity contribution in [2.75, 3.05) is 12.8 Å². The van der Waals surface area contributed by atoms with E-state index in [1.54, 1.807) is 11.9 Å². The number of hydrogen-bond acceptors (Lipinski definition) is 3. The zero-order chi connectivity index (χ0) is 17.9. The summed E-state index contributed by atoms with van der Waals surface area (Å²) in [5.74, 6) is 0.223. The van der Waals surface area contributed by atoms with Crippen molar-refractivity contribution in [2.45, 2.75) is 64.5 Å². The van der Waals surface area contributed by atoms with E-state index in [0.717, 1.165) is 18.5 Å². The van der Waals surface area contributed by atoms with Crippen LogP contribution in [0.25, 0.3) is 0 Å². The van der Waals surface area contributed by atoms with Gasteiger partial charge in [-0.2, -0.15) is 0 Å². The number of nitrogens with zero attached hydrogens (tertiary/aromatic N) is 1. The van der Waals surface area contributed by atoms with Crippen molar-refractivity contribution < 1.29 is 4.79 Å². The first-order chi connectivity index (χ1) is 11.8.